The number of alkyl halides is 3. The number of amides is 1. The number of Topliss-reactive ketones (excluding diaryl/α,β-unsaturated/α-hetero) is 1. The Labute approximate surface area is 166 Å². The lowest BCUT2D eigenvalue weighted by Gasteiger charge is -2.39. The van der Waals surface area contributed by atoms with Gasteiger partial charge in [0.15, 0.2) is 0 Å². The Bertz CT molecular complexity index is 815. The maximum absolute atomic E-state index is 12.4. The SMILES string of the molecule is N#CCC1(n2cc(C(N)=O)c(CC(=O)C3CC3)n2)CCC(NCC(F)(F)F)CC1. The lowest BCUT2D eigenvalue weighted by Crippen LogP contribution is -2.45. The Kier molecular flexibility index (Phi) is 5.98. The lowest BCUT2D eigenvalue weighted by atomic mass is 9.77. The number of ketones is 1. The zero-order valence-corrected chi connectivity index (χ0v) is 16.0. The Balaban J connectivity index is 1.77. The van der Waals surface area contributed by atoms with Crippen molar-refractivity contribution in [3.05, 3.63) is 17.5 Å². The largest absolute Gasteiger partial charge is 0.401 e. The Morgan fingerprint density at radius 3 is 2.48 bits per heavy atom. The number of carbonyl (C=O) groups is 2. The van der Waals surface area contributed by atoms with Crippen LogP contribution in [-0.2, 0) is 16.8 Å². The van der Waals surface area contributed by atoms with Crippen LogP contribution in [0, 0.1) is 17.2 Å². The molecule has 3 N–H and O–H groups in total. The smallest absolute Gasteiger partial charge is 0.365 e. The second kappa shape index (κ2) is 8.14. The molecule has 158 valence electrons. The van der Waals surface area contributed by atoms with Crippen LogP contribution in [0.25, 0.3) is 0 Å². The van der Waals surface area contributed by atoms with Crippen molar-refractivity contribution in [1.82, 2.24) is 15.1 Å². The van der Waals surface area contributed by atoms with Crippen molar-refractivity contribution < 1.29 is 22.8 Å². The molecule has 0 saturated heterocycles. The normalized spacial score (nSPS) is 24.8. The van der Waals surface area contributed by atoms with Crippen LogP contribution in [0.15, 0.2) is 6.20 Å². The van der Waals surface area contributed by atoms with Gasteiger partial charge in [-0.2, -0.15) is 23.5 Å². The summed E-state index contributed by atoms with van der Waals surface area (Å²) in [4.78, 5) is 24.0. The van der Waals surface area contributed by atoms with Crippen LogP contribution in [0.2, 0.25) is 0 Å². The van der Waals surface area contributed by atoms with E-state index < -0.39 is 24.2 Å². The number of primary amides is 1. The van der Waals surface area contributed by atoms with E-state index in [9.17, 15) is 28.0 Å². The molecule has 0 unspecified atom stereocenters. The number of rotatable bonds is 8. The molecule has 1 amide bonds. The third-order valence-electron chi connectivity index (χ3n) is 5.83. The highest BCUT2D eigenvalue weighted by atomic mass is 19.4. The second-order valence-electron chi connectivity index (χ2n) is 8.05. The average Bonchev–Trinajstić information content (AvgIpc) is 3.41. The highest BCUT2D eigenvalue weighted by Crippen LogP contribution is 2.38. The predicted molar refractivity (Wildman–Crippen MR) is 96.7 cm³/mol. The summed E-state index contributed by atoms with van der Waals surface area (Å²) in [6, 6.07) is 1.83. The number of nitriles is 1. The van der Waals surface area contributed by atoms with Crippen LogP contribution in [0.1, 0.15) is 61.0 Å². The fourth-order valence-electron chi connectivity index (χ4n) is 3.96. The zero-order chi connectivity index (χ0) is 21.2. The molecule has 29 heavy (non-hydrogen) atoms. The molecule has 10 heteroatoms. The first-order chi connectivity index (χ1) is 13.6. The van der Waals surface area contributed by atoms with Gasteiger partial charge in [-0.15, -0.1) is 0 Å². The number of hydrogen-bond acceptors (Lipinski definition) is 5. The quantitative estimate of drug-likeness (QED) is 0.681. The van der Waals surface area contributed by atoms with Gasteiger partial charge in [-0.1, -0.05) is 0 Å². The van der Waals surface area contributed by atoms with E-state index in [1.807, 2.05) is 0 Å². The number of nitrogens with two attached hydrogens (primary N) is 1. The van der Waals surface area contributed by atoms with Gasteiger partial charge in [0.1, 0.15) is 5.78 Å². The van der Waals surface area contributed by atoms with Crippen molar-refractivity contribution in [3.8, 4) is 6.07 Å². The molecule has 0 spiro atoms. The number of nitrogens with zero attached hydrogens (tertiary/aromatic N) is 3. The van der Waals surface area contributed by atoms with E-state index in [0.29, 0.717) is 31.4 Å². The van der Waals surface area contributed by atoms with Crippen molar-refractivity contribution >= 4 is 11.7 Å². The van der Waals surface area contributed by atoms with Gasteiger partial charge in [-0.3, -0.25) is 14.3 Å². The number of hydrogen-bond donors (Lipinski definition) is 2. The van der Waals surface area contributed by atoms with Crippen LogP contribution in [0.4, 0.5) is 13.2 Å². The van der Waals surface area contributed by atoms with Crippen molar-refractivity contribution in [2.24, 2.45) is 11.7 Å². The molecule has 1 aromatic heterocycles. The molecule has 2 aliphatic rings. The third kappa shape index (κ3) is 5.15. The number of nitrogens with one attached hydrogen (secondary N) is 1. The molecule has 2 aliphatic carbocycles. The minimum absolute atomic E-state index is 0.0177. The van der Waals surface area contributed by atoms with E-state index in [4.69, 9.17) is 5.73 Å². The third-order valence-corrected chi connectivity index (χ3v) is 5.83. The van der Waals surface area contributed by atoms with E-state index in [1.54, 1.807) is 4.68 Å². The topological polar surface area (TPSA) is 114 Å². The fraction of sp³-hybridized carbons (Fsp3) is 0.684. The Morgan fingerprint density at radius 1 is 1.31 bits per heavy atom. The maximum Gasteiger partial charge on any atom is 0.401 e. The van der Waals surface area contributed by atoms with Crippen molar-refractivity contribution in [1.29, 1.82) is 5.26 Å². The standard InChI is InChI=1S/C19H24F3N5O2/c20-19(21,22)11-25-13-3-5-18(6-4-13,7-8-23)27-10-14(17(24)29)15(26-27)9-16(28)12-1-2-12/h10,12-13,25H,1-7,9,11H2,(H2,24,29). The highest BCUT2D eigenvalue weighted by molar-refractivity contribution is 5.95. The predicted octanol–water partition coefficient (Wildman–Crippen LogP) is 2.21. The van der Waals surface area contributed by atoms with Gasteiger partial charge in [0.25, 0.3) is 5.91 Å². The Morgan fingerprint density at radius 2 is 1.97 bits per heavy atom. The first-order valence-electron chi connectivity index (χ1n) is 9.72. The van der Waals surface area contributed by atoms with Gasteiger partial charge in [-0.25, -0.2) is 0 Å². The van der Waals surface area contributed by atoms with Gasteiger partial charge < -0.3 is 11.1 Å². The zero-order valence-electron chi connectivity index (χ0n) is 16.0. The summed E-state index contributed by atoms with van der Waals surface area (Å²) < 4.78 is 38.9. The fourth-order valence-corrected chi connectivity index (χ4v) is 3.96. The van der Waals surface area contributed by atoms with Gasteiger partial charge in [0.2, 0.25) is 0 Å². The molecule has 0 atom stereocenters. The highest BCUT2D eigenvalue weighted by Gasteiger charge is 2.40. The maximum atomic E-state index is 12.4. The molecule has 0 aromatic carbocycles. The molecule has 0 bridgehead atoms. The molecule has 1 aromatic rings. The van der Waals surface area contributed by atoms with Gasteiger partial charge >= 0.3 is 6.18 Å². The second-order valence-corrected chi connectivity index (χ2v) is 8.05. The monoisotopic (exact) mass is 411 g/mol. The number of aromatic nitrogens is 2. The minimum Gasteiger partial charge on any atom is -0.365 e. The van der Waals surface area contributed by atoms with E-state index in [1.165, 1.54) is 6.20 Å². The lowest BCUT2D eigenvalue weighted by molar-refractivity contribution is -0.127. The summed E-state index contributed by atoms with van der Waals surface area (Å²) in [5.41, 5.74) is 5.20. The van der Waals surface area contributed by atoms with E-state index in [2.05, 4.69) is 16.5 Å². The summed E-state index contributed by atoms with van der Waals surface area (Å²) in [5.74, 6) is -0.654. The van der Waals surface area contributed by atoms with Crippen LogP contribution < -0.4 is 11.1 Å². The molecule has 0 radical (unpaired) electrons. The molecule has 3 rings (SSSR count). The van der Waals surface area contributed by atoms with Crippen LogP contribution in [0.3, 0.4) is 0 Å². The van der Waals surface area contributed by atoms with Gasteiger partial charge in [-0.05, 0) is 38.5 Å². The molecule has 2 saturated carbocycles. The first kappa shape index (κ1) is 21.3. The summed E-state index contributed by atoms with van der Waals surface area (Å²) in [5, 5.41) is 16.3. The van der Waals surface area contributed by atoms with Crippen LogP contribution in [-0.4, -0.2) is 40.2 Å². The molecule has 2 fully saturated rings. The van der Waals surface area contributed by atoms with Crippen LogP contribution in [0.5, 0.6) is 0 Å². The summed E-state index contributed by atoms with van der Waals surface area (Å²) in [7, 11) is 0. The average molecular weight is 411 g/mol. The minimum atomic E-state index is -4.28. The summed E-state index contributed by atoms with van der Waals surface area (Å²) >= 11 is 0. The number of halogens is 3. The summed E-state index contributed by atoms with van der Waals surface area (Å²) in [6.07, 6.45) is 0.786. The van der Waals surface area contributed by atoms with Gasteiger partial charge in [0.05, 0.1) is 42.3 Å². The van der Waals surface area contributed by atoms with E-state index in [0.717, 1.165) is 12.8 Å². The number of carbonyl (C=O) groups excluding carboxylic acids is 2. The van der Waals surface area contributed by atoms with Crippen molar-refractivity contribution in [3.63, 3.8) is 0 Å². The molecular formula is C19H24F3N5O2. The first-order valence-corrected chi connectivity index (χ1v) is 9.72. The summed E-state index contributed by atoms with van der Waals surface area (Å²) in [6.45, 7) is -1.05. The molecule has 7 nitrogen and oxygen atoms in total. The van der Waals surface area contributed by atoms with E-state index >= 15 is 0 Å². The Hall–Kier alpha value is -2.41. The molecular weight excluding hydrogens is 387 g/mol. The van der Waals surface area contributed by atoms with Crippen molar-refractivity contribution in [2.45, 2.75) is 69.1 Å². The van der Waals surface area contributed by atoms with Crippen LogP contribution >= 0.6 is 0 Å². The van der Waals surface area contributed by atoms with E-state index in [-0.39, 0.29) is 36.1 Å². The van der Waals surface area contributed by atoms with Gasteiger partial charge in [0, 0.05) is 18.2 Å². The molecule has 0 aliphatic heterocycles. The molecule has 1 heterocycles. The van der Waals surface area contributed by atoms with Crippen molar-refractivity contribution in [2.75, 3.05) is 6.54 Å².